The molecule has 0 bridgehead atoms. The van der Waals surface area contributed by atoms with Crippen LogP contribution in [0.4, 0.5) is 5.82 Å². The molecule has 1 aromatic heterocycles. The van der Waals surface area contributed by atoms with E-state index in [1.165, 1.54) is 5.56 Å². The number of anilines is 1. The summed E-state index contributed by atoms with van der Waals surface area (Å²) in [6, 6.07) is 2.51. The number of nitrogens with one attached hydrogen (secondary N) is 1. The van der Waals surface area contributed by atoms with E-state index in [2.05, 4.69) is 51.0 Å². The summed E-state index contributed by atoms with van der Waals surface area (Å²) in [7, 11) is 0. The summed E-state index contributed by atoms with van der Waals surface area (Å²) in [5, 5.41) is 3.47. The first kappa shape index (κ1) is 14.8. The number of aromatic nitrogens is 1. The molecule has 0 spiro atoms. The van der Waals surface area contributed by atoms with E-state index in [1.54, 1.807) is 0 Å². The van der Waals surface area contributed by atoms with Crippen molar-refractivity contribution in [2.75, 3.05) is 37.7 Å². The van der Waals surface area contributed by atoms with Crippen LogP contribution in [0, 0.1) is 6.92 Å². The molecule has 1 N–H and O–H groups in total. The number of ether oxygens (including phenoxy) is 1. The van der Waals surface area contributed by atoms with E-state index in [-0.39, 0.29) is 0 Å². The molecule has 1 unspecified atom stereocenters. The van der Waals surface area contributed by atoms with Crippen molar-refractivity contribution < 1.29 is 4.74 Å². The van der Waals surface area contributed by atoms with E-state index in [9.17, 15) is 0 Å². The molecule has 0 saturated carbocycles. The first-order chi connectivity index (χ1) is 9.22. The molecule has 4 nitrogen and oxygen atoms in total. The van der Waals surface area contributed by atoms with Gasteiger partial charge in [-0.3, -0.25) is 0 Å². The largest absolute Gasteiger partial charge is 0.377 e. The molecule has 0 amide bonds. The molecular formula is C14H22BrN3O. The van der Waals surface area contributed by atoms with Crippen molar-refractivity contribution in [1.29, 1.82) is 0 Å². The van der Waals surface area contributed by atoms with Gasteiger partial charge in [-0.2, -0.15) is 0 Å². The smallest absolute Gasteiger partial charge is 0.129 e. The third-order valence-electron chi connectivity index (χ3n) is 3.36. The van der Waals surface area contributed by atoms with Crippen LogP contribution in [-0.4, -0.2) is 43.9 Å². The number of halogens is 1. The molecule has 1 atom stereocenters. The van der Waals surface area contributed by atoms with Crippen LogP contribution in [-0.2, 0) is 4.74 Å². The minimum Gasteiger partial charge on any atom is -0.377 e. The van der Waals surface area contributed by atoms with E-state index in [0.29, 0.717) is 6.04 Å². The highest BCUT2D eigenvalue weighted by Gasteiger charge is 2.24. The number of hydrogen-bond acceptors (Lipinski definition) is 4. The fraction of sp³-hybridized carbons (Fsp3) is 0.643. The van der Waals surface area contributed by atoms with Gasteiger partial charge in [0.2, 0.25) is 0 Å². The number of pyridine rings is 1. The fourth-order valence-corrected chi connectivity index (χ4v) is 2.47. The normalized spacial score (nSPS) is 19.7. The third-order valence-corrected chi connectivity index (χ3v) is 4.19. The molecule has 106 valence electrons. The van der Waals surface area contributed by atoms with E-state index < -0.39 is 0 Å². The highest BCUT2D eigenvalue weighted by Crippen LogP contribution is 2.22. The van der Waals surface area contributed by atoms with Gasteiger partial charge in [-0.05, 0) is 47.4 Å². The van der Waals surface area contributed by atoms with Crippen molar-refractivity contribution >= 4 is 21.7 Å². The van der Waals surface area contributed by atoms with Crippen LogP contribution in [0.2, 0.25) is 0 Å². The Bertz CT molecular complexity index is 414. The first-order valence-electron chi connectivity index (χ1n) is 6.89. The van der Waals surface area contributed by atoms with Crippen LogP contribution in [0.3, 0.4) is 0 Å². The predicted molar refractivity (Wildman–Crippen MR) is 81.8 cm³/mol. The van der Waals surface area contributed by atoms with Crippen molar-refractivity contribution in [3.05, 3.63) is 22.3 Å². The highest BCUT2D eigenvalue weighted by molar-refractivity contribution is 9.10. The Balaban J connectivity index is 2.07. The van der Waals surface area contributed by atoms with Crippen LogP contribution in [0.1, 0.15) is 18.9 Å². The molecule has 1 aliphatic rings. The van der Waals surface area contributed by atoms with Gasteiger partial charge in [0.1, 0.15) is 5.82 Å². The molecule has 0 aromatic carbocycles. The zero-order valence-electron chi connectivity index (χ0n) is 11.7. The average Bonchev–Trinajstić information content (AvgIpc) is 2.43. The number of hydrogen-bond donors (Lipinski definition) is 1. The summed E-state index contributed by atoms with van der Waals surface area (Å²) >= 11 is 3.50. The van der Waals surface area contributed by atoms with Crippen LogP contribution in [0.15, 0.2) is 16.7 Å². The average molecular weight is 328 g/mol. The molecule has 0 radical (unpaired) electrons. The molecule has 1 saturated heterocycles. The first-order valence-corrected chi connectivity index (χ1v) is 7.69. The van der Waals surface area contributed by atoms with E-state index in [1.807, 2.05) is 6.20 Å². The Kier molecular flexibility index (Phi) is 5.60. The molecule has 1 aromatic rings. The molecule has 2 rings (SSSR count). The van der Waals surface area contributed by atoms with Crippen molar-refractivity contribution in [3.63, 3.8) is 0 Å². The second kappa shape index (κ2) is 7.22. The Morgan fingerprint density at radius 2 is 2.42 bits per heavy atom. The maximum absolute atomic E-state index is 5.60. The Hall–Kier alpha value is -0.650. The minimum atomic E-state index is 0.369. The maximum Gasteiger partial charge on any atom is 0.129 e. The zero-order valence-corrected chi connectivity index (χ0v) is 13.2. The van der Waals surface area contributed by atoms with Crippen molar-refractivity contribution in [2.24, 2.45) is 0 Å². The summed E-state index contributed by atoms with van der Waals surface area (Å²) in [6.07, 6.45) is 3.04. The fourth-order valence-electron chi connectivity index (χ4n) is 2.25. The number of nitrogens with zero attached hydrogens (tertiary/aromatic N) is 2. The Morgan fingerprint density at radius 3 is 3.16 bits per heavy atom. The topological polar surface area (TPSA) is 37.4 Å². The van der Waals surface area contributed by atoms with Gasteiger partial charge in [-0.1, -0.05) is 6.92 Å². The van der Waals surface area contributed by atoms with Crippen LogP contribution in [0.25, 0.3) is 0 Å². The molecule has 1 aliphatic heterocycles. The zero-order chi connectivity index (χ0) is 13.7. The Morgan fingerprint density at radius 1 is 1.58 bits per heavy atom. The quantitative estimate of drug-likeness (QED) is 0.842. The van der Waals surface area contributed by atoms with Crippen LogP contribution in [0.5, 0.6) is 0 Å². The van der Waals surface area contributed by atoms with Crippen molar-refractivity contribution in [1.82, 2.24) is 10.3 Å². The van der Waals surface area contributed by atoms with E-state index >= 15 is 0 Å². The lowest BCUT2D eigenvalue weighted by Crippen LogP contribution is -2.51. The van der Waals surface area contributed by atoms with Gasteiger partial charge in [-0.15, -0.1) is 0 Å². The monoisotopic (exact) mass is 327 g/mol. The summed E-state index contributed by atoms with van der Waals surface area (Å²) in [5.74, 6) is 1.05. The lowest BCUT2D eigenvalue weighted by atomic mass is 10.2. The van der Waals surface area contributed by atoms with Crippen molar-refractivity contribution in [2.45, 2.75) is 26.3 Å². The van der Waals surface area contributed by atoms with Gasteiger partial charge in [0, 0.05) is 23.8 Å². The molecular weight excluding hydrogens is 306 g/mol. The number of aryl methyl sites for hydroxylation is 1. The lowest BCUT2D eigenvalue weighted by molar-refractivity contribution is 0.0934. The van der Waals surface area contributed by atoms with Gasteiger partial charge in [0.05, 0.1) is 19.3 Å². The lowest BCUT2D eigenvalue weighted by Gasteiger charge is -2.36. The number of morpholine rings is 1. The third kappa shape index (κ3) is 3.91. The second-order valence-corrected chi connectivity index (χ2v) is 5.77. The van der Waals surface area contributed by atoms with Gasteiger partial charge < -0.3 is 15.0 Å². The van der Waals surface area contributed by atoms with E-state index in [4.69, 9.17) is 4.74 Å². The van der Waals surface area contributed by atoms with Crippen LogP contribution < -0.4 is 10.2 Å². The molecule has 0 aliphatic carbocycles. The predicted octanol–water partition coefficient (Wildman–Crippen LogP) is 2.36. The highest BCUT2D eigenvalue weighted by atomic mass is 79.9. The van der Waals surface area contributed by atoms with Crippen molar-refractivity contribution in [3.8, 4) is 0 Å². The molecule has 19 heavy (non-hydrogen) atoms. The van der Waals surface area contributed by atoms with Gasteiger partial charge >= 0.3 is 0 Å². The van der Waals surface area contributed by atoms with Gasteiger partial charge in [0.15, 0.2) is 0 Å². The Labute approximate surface area is 123 Å². The van der Waals surface area contributed by atoms with E-state index in [0.717, 1.165) is 49.6 Å². The SMILES string of the molecule is CCCNCC1COCCN1c1cc(C)c(Br)cn1. The minimum absolute atomic E-state index is 0.369. The summed E-state index contributed by atoms with van der Waals surface area (Å²) < 4.78 is 6.66. The maximum atomic E-state index is 5.60. The molecule has 1 fully saturated rings. The van der Waals surface area contributed by atoms with Gasteiger partial charge in [0.25, 0.3) is 0 Å². The number of rotatable bonds is 5. The summed E-state index contributed by atoms with van der Waals surface area (Å²) in [6.45, 7) is 8.74. The summed E-state index contributed by atoms with van der Waals surface area (Å²) in [4.78, 5) is 6.89. The molecule has 2 heterocycles. The standard InChI is InChI=1S/C14H22BrN3O/c1-3-4-16-8-12-10-19-6-5-18(12)14-7-11(2)13(15)9-17-14/h7,9,12,16H,3-6,8,10H2,1-2H3. The molecule has 5 heteroatoms. The second-order valence-electron chi connectivity index (χ2n) is 4.92. The van der Waals surface area contributed by atoms with Gasteiger partial charge in [-0.25, -0.2) is 4.98 Å². The van der Waals surface area contributed by atoms with Crippen LogP contribution >= 0.6 is 15.9 Å². The summed E-state index contributed by atoms with van der Waals surface area (Å²) in [5.41, 5.74) is 1.22.